The summed E-state index contributed by atoms with van der Waals surface area (Å²) in [5, 5.41) is 17.4. The maximum absolute atomic E-state index is 12.5. The summed E-state index contributed by atoms with van der Waals surface area (Å²) in [4.78, 5) is 40.3. The first-order chi connectivity index (χ1) is 14.9. The SMILES string of the molecule is COc1nc(OO)nc(Oc2ccc(C=C3SC(=S)N(CCCC(=O)O)C3=O)cc2)n1. The fourth-order valence-corrected chi connectivity index (χ4v) is 3.78. The van der Waals surface area contributed by atoms with Crippen molar-refractivity contribution in [3.05, 3.63) is 34.7 Å². The van der Waals surface area contributed by atoms with Crippen molar-refractivity contribution < 1.29 is 34.3 Å². The molecule has 1 aromatic heterocycles. The molecule has 0 saturated carbocycles. The van der Waals surface area contributed by atoms with Gasteiger partial charge in [0.25, 0.3) is 5.91 Å². The molecule has 0 bridgehead atoms. The predicted molar refractivity (Wildman–Crippen MR) is 113 cm³/mol. The lowest BCUT2D eigenvalue weighted by Gasteiger charge is -2.13. The van der Waals surface area contributed by atoms with Gasteiger partial charge >= 0.3 is 24.0 Å². The van der Waals surface area contributed by atoms with Crippen molar-refractivity contribution in [1.29, 1.82) is 0 Å². The lowest BCUT2D eigenvalue weighted by atomic mass is 10.2. The molecule has 0 radical (unpaired) electrons. The van der Waals surface area contributed by atoms with Crippen molar-refractivity contribution in [3.63, 3.8) is 0 Å². The molecule has 31 heavy (non-hydrogen) atoms. The normalized spacial score (nSPS) is 14.8. The first-order valence-corrected chi connectivity index (χ1v) is 9.98. The molecule has 0 aliphatic carbocycles. The van der Waals surface area contributed by atoms with Gasteiger partial charge < -0.3 is 14.6 Å². The lowest BCUT2D eigenvalue weighted by molar-refractivity contribution is -0.146. The van der Waals surface area contributed by atoms with Gasteiger partial charge in [0, 0.05) is 13.0 Å². The summed E-state index contributed by atoms with van der Waals surface area (Å²) < 4.78 is 10.8. The van der Waals surface area contributed by atoms with Gasteiger partial charge in [-0.1, -0.05) is 36.1 Å². The van der Waals surface area contributed by atoms with Crippen molar-refractivity contribution in [2.45, 2.75) is 12.8 Å². The number of hydrogen-bond acceptors (Lipinski definition) is 11. The Morgan fingerprint density at radius 2 is 1.87 bits per heavy atom. The van der Waals surface area contributed by atoms with Crippen molar-refractivity contribution in [1.82, 2.24) is 19.9 Å². The van der Waals surface area contributed by atoms with Crippen molar-refractivity contribution in [2.75, 3.05) is 13.7 Å². The number of benzene rings is 1. The topological polar surface area (TPSA) is 144 Å². The number of nitrogens with zero attached hydrogens (tertiary/aromatic N) is 4. The molecule has 3 rings (SSSR count). The van der Waals surface area contributed by atoms with Crippen LogP contribution >= 0.6 is 24.0 Å². The van der Waals surface area contributed by atoms with E-state index in [1.807, 2.05) is 0 Å². The van der Waals surface area contributed by atoms with Gasteiger partial charge in [-0.15, -0.1) is 15.0 Å². The number of aliphatic carboxylic acids is 1. The lowest BCUT2D eigenvalue weighted by Crippen LogP contribution is -2.29. The Hall–Kier alpha value is -3.29. The number of ether oxygens (including phenoxy) is 2. The number of carboxylic acids is 1. The van der Waals surface area contributed by atoms with E-state index in [0.29, 0.717) is 21.4 Å². The third-order valence-electron chi connectivity index (χ3n) is 3.87. The molecule has 2 heterocycles. The van der Waals surface area contributed by atoms with Crippen LogP contribution in [-0.4, -0.2) is 60.1 Å². The molecule has 2 aromatic rings. The average molecular weight is 464 g/mol. The summed E-state index contributed by atoms with van der Waals surface area (Å²) in [5.74, 6) is -0.788. The third-order valence-corrected chi connectivity index (χ3v) is 5.25. The molecule has 1 amide bonds. The minimum atomic E-state index is -0.918. The van der Waals surface area contributed by atoms with Crippen LogP contribution in [0, 0.1) is 0 Å². The van der Waals surface area contributed by atoms with Gasteiger partial charge in [-0.05, 0) is 30.2 Å². The smallest absolute Gasteiger partial charge is 0.362 e. The Labute approximate surface area is 185 Å². The minimum absolute atomic E-state index is 0.0312. The van der Waals surface area contributed by atoms with Crippen LogP contribution in [0.4, 0.5) is 0 Å². The van der Waals surface area contributed by atoms with Crippen LogP contribution in [0.3, 0.4) is 0 Å². The van der Waals surface area contributed by atoms with E-state index in [9.17, 15) is 9.59 Å². The maximum Gasteiger partial charge on any atom is 0.362 e. The maximum atomic E-state index is 12.5. The molecule has 2 N–H and O–H groups in total. The summed E-state index contributed by atoms with van der Waals surface area (Å²) in [6, 6.07) is 6.07. The van der Waals surface area contributed by atoms with Crippen molar-refractivity contribution in [3.8, 4) is 23.8 Å². The van der Waals surface area contributed by atoms with Crippen LogP contribution in [0.1, 0.15) is 18.4 Å². The second-order valence-electron chi connectivity index (χ2n) is 5.98. The largest absolute Gasteiger partial charge is 0.481 e. The van der Waals surface area contributed by atoms with Crippen molar-refractivity contribution in [2.24, 2.45) is 0 Å². The molecule has 13 heteroatoms. The monoisotopic (exact) mass is 464 g/mol. The second kappa shape index (κ2) is 10.1. The minimum Gasteiger partial charge on any atom is -0.481 e. The van der Waals surface area contributed by atoms with E-state index in [-0.39, 0.29) is 36.9 Å². The molecule has 11 nitrogen and oxygen atoms in total. The number of carbonyl (C=O) groups is 2. The fraction of sp³-hybridized carbons (Fsp3) is 0.222. The van der Waals surface area contributed by atoms with Gasteiger partial charge in [0.05, 0.1) is 12.0 Å². The zero-order chi connectivity index (χ0) is 22.4. The van der Waals surface area contributed by atoms with Crippen LogP contribution in [0.5, 0.6) is 23.8 Å². The summed E-state index contributed by atoms with van der Waals surface area (Å²) in [5.41, 5.74) is 0.728. The molecule has 1 aromatic carbocycles. The average Bonchev–Trinajstić information content (AvgIpc) is 3.01. The molecular formula is C18H16N4O7S2. The zero-order valence-corrected chi connectivity index (χ0v) is 17.7. The number of thioether (sulfide) groups is 1. The molecular weight excluding hydrogens is 448 g/mol. The molecule has 1 saturated heterocycles. The van der Waals surface area contributed by atoms with Gasteiger partial charge in [0.1, 0.15) is 10.1 Å². The van der Waals surface area contributed by atoms with Crippen LogP contribution in [0.25, 0.3) is 6.08 Å². The van der Waals surface area contributed by atoms with Crippen LogP contribution in [0.15, 0.2) is 29.2 Å². The highest BCUT2D eigenvalue weighted by molar-refractivity contribution is 8.26. The highest BCUT2D eigenvalue weighted by atomic mass is 32.2. The Balaban J connectivity index is 1.68. The number of aromatic nitrogens is 3. The Morgan fingerprint density at radius 1 is 1.19 bits per heavy atom. The molecule has 1 fully saturated rings. The van der Waals surface area contributed by atoms with Gasteiger partial charge in [-0.25, -0.2) is 0 Å². The van der Waals surface area contributed by atoms with Crippen LogP contribution < -0.4 is 14.4 Å². The predicted octanol–water partition coefficient (Wildman–Crippen LogP) is 2.59. The molecule has 162 valence electrons. The first-order valence-electron chi connectivity index (χ1n) is 8.76. The van der Waals surface area contributed by atoms with E-state index in [2.05, 4.69) is 19.8 Å². The van der Waals surface area contributed by atoms with E-state index in [4.69, 9.17) is 32.1 Å². The molecule has 0 spiro atoms. The standard InChI is InChI=1S/C18H16N4O7S2/c1-27-15-19-16(21-17(20-15)29-26)28-11-6-4-10(5-7-11)9-12-14(25)22(18(30)31-12)8-2-3-13(23)24/h4-7,9,26H,2-3,8H2,1H3,(H,23,24). The number of thiocarbonyl (C=S) groups is 1. The number of hydrogen-bond donors (Lipinski definition) is 2. The first kappa shape index (κ1) is 22.4. The highest BCUT2D eigenvalue weighted by Crippen LogP contribution is 2.33. The quantitative estimate of drug-likeness (QED) is 0.243. The number of amides is 1. The highest BCUT2D eigenvalue weighted by Gasteiger charge is 2.31. The van der Waals surface area contributed by atoms with E-state index in [1.54, 1.807) is 30.3 Å². The zero-order valence-electron chi connectivity index (χ0n) is 16.0. The van der Waals surface area contributed by atoms with Gasteiger partial charge in [0.2, 0.25) is 0 Å². The van der Waals surface area contributed by atoms with Crippen LogP contribution in [0.2, 0.25) is 0 Å². The van der Waals surface area contributed by atoms with Crippen molar-refractivity contribution >= 4 is 46.3 Å². The summed E-state index contributed by atoms with van der Waals surface area (Å²) in [6.45, 7) is 0.260. The summed E-state index contributed by atoms with van der Waals surface area (Å²) >= 11 is 6.39. The van der Waals surface area contributed by atoms with Gasteiger partial charge in [-0.2, -0.15) is 5.26 Å². The number of carboxylic acid groups (broad SMARTS) is 1. The van der Waals surface area contributed by atoms with E-state index in [0.717, 1.165) is 17.3 Å². The molecule has 1 aliphatic rings. The fourth-order valence-electron chi connectivity index (χ4n) is 2.47. The molecule has 0 atom stereocenters. The Kier molecular flexibility index (Phi) is 7.33. The summed E-state index contributed by atoms with van der Waals surface area (Å²) in [6.07, 6.45) is 1.98. The number of rotatable bonds is 9. The number of carbonyl (C=O) groups excluding carboxylic acids is 1. The van der Waals surface area contributed by atoms with E-state index in [1.165, 1.54) is 12.0 Å². The van der Waals surface area contributed by atoms with Gasteiger partial charge in [0.15, 0.2) is 0 Å². The Bertz CT molecular complexity index is 1010. The molecule has 1 aliphatic heterocycles. The molecule has 0 unspecified atom stereocenters. The Morgan fingerprint density at radius 3 is 2.52 bits per heavy atom. The van der Waals surface area contributed by atoms with E-state index >= 15 is 0 Å². The summed E-state index contributed by atoms with van der Waals surface area (Å²) in [7, 11) is 1.34. The van der Waals surface area contributed by atoms with Gasteiger partial charge in [-0.3, -0.25) is 19.4 Å². The second-order valence-corrected chi connectivity index (χ2v) is 7.66. The van der Waals surface area contributed by atoms with E-state index < -0.39 is 5.97 Å². The third kappa shape index (κ3) is 5.87. The van der Waals surface area contributed by atoms with Crippen LogP contribution in [-0.2, 0) is 9.59 Å². The number of methoxy groups -OCH3 is 1.